The number of rotatable bonds is 7. The highest BCUT2D eigenvalue weighted by Gasteiger charge is 2.39. The van der Waals surface area contributed by atoms with Gasteiger partial charge in [0, 0.05) is 29.7 Å². The molecule has 0 heterocycles. The van der Waals surface area contributed by atoms with Gasteiger partial charge in [-0.1, -0.05) is 12.1 Å². The van der Waals surface area contributed by atoms with Gasteiger partial charge < -0.3 is 16.0 Å². The number of hydrogen-bond donors (Lipinski definition) is 3. The molecule has 4 N–H and O–H groups in total. The second-order valence-corrected chi connectivity index (χ2v) is 6.80. The summed E-state index contributed by atoms with van der Waals surface area (Å²) in [5, 5.41) is 2.89. The van der Waals surface area contributed by atoms with Gasteiger partial charge in [0.2, 0.25) is 5.91 Å². The monoisotopic (exact) mass is 356 g/mol. The summed E-state index contributed by atoms with van der Waals surface area (Å²) in [6.45, 7) is 2.59. The quantitative estimate of drug-likeness (QED) is 0.703. The van der Waals surface area contributed by atoms with Crippen LogP contribution in [0.1, 0.15) is 35.7 Å². The minimum atomic E-state index is -0.500. The van der Waals surface area contributed by atoms with Crippen LogP contribution in [-0.4, -0.2) is 23.9 Å². The van der Waals surface area contributed by atoms with Crippen LogP contribution in [0.3, 0.4) is 0 Å². The molecule has 0 saturated heterocycles. The molecule has 2 atom stereocenters. The Morgan fingerprint density at radius 2 is 1.77 bits per heavy atom. The van der Waals surface area contributed by atoms with E-state index in [2.05, 4.69) is 5.32 Å². The number of quaternary nitrogens is 1. The second-order valence-electron chi connectivity index (χ2n) is 6.80. The van der Waals surface area contributed by atoms with Crippen LogP contribution in [0, 0.1) is 5.82 Å². The number of carbonyl (C=O) groups excluding carboxylic acids is 2. The lowest BCUT2D eigenvalue weighted by atomic mass is 10.1. The third-order valence-electron chi connectivity index (χ3n) is 4.81. The molecule has 5 nitrogen and oxygen atoms in total. The number of hydrogen-bond acceptors (Lipinski definition) is 2. The zero-order valence-electron chi connectivity index (χ0n) is 14.7. The van der Waals surface area contributed by atoms with Crippen LogP contribution >= 0.6 is 0 Å². The standard InChI is InChI=1S/C20H22FN3O2/c1-13(20(26)23-17-8-4-15(5-9-17)19(22)25)24(18-10-11-18)12-14-2-6-16(21)7-3-14/h2-9,13,18H,10-12H2,1H3,(H2,22,25)(H,23,26)/p+1/t13-/m1/s1. The molecule has 0 bridgehead atoms. The molecule has 3 rings (SSSR count). The van der Waals surface area contributed by atoms with Gasteiger partial charge in [-0.05, 0) is 43.3 Å². The topological polar surface area (TPSA) is 76.6 Å². The first kappa shape index (κ1) is 18.1. The van der Waals surface area contributed by atoms with E-state index in [1.807, 2.05) is 6.92 Å². The van der Waals surface area contributed by atoms with E-state index in [0.717, 1.165) is 18.4 Å². The molecule has 1 fully saturated rings. The SMILES string of the molecule is C[C@H](C(=O)Nc1ccc(C(N)=O)cc1)[NH+](Cc1ccc(F)cc1)C1CC1. The zero-order valence-corrected chi connectivity index (χ0v) is 14.7. The van der Waals surface area contributed by atoms with Crippen molar-refractivity contribution < 1.29 is 18.9 Å². The van der Waals surface area contributed by atoms with Crippen molar-refractivity contribution in [2.24, 2.45) is 5.73 Å². The normalized spacial score (nSPS) is 15.9. The second kappa shape index (κ2) is 7.66. The number of amides is 2. The Bertz CT molecular complexity index is 786. The Kier molecular flexibility index (Phi) is 5.32. The summed E-state index contributed by atoms with van der Waals surface area (Å²) in [6.07, 6.45) is 2.20. The zero-order chi connectivity index (χ0) is 18.7. The van der Waals surface area contributed by atoms with Crippen molar-refractivity contribution in [3.8, 4) is 0 Å². The Morgan fingerprint density at radius 3 is 2.31 bits per heavy atom. The summed E-state index contributed by atoms with van der Waals surface area (Å²) in [6, 6.07) is 13.2. The smallest absolute Gasteiger partial charge is 0.282 e. The third kappa shape index (κ3) is 4.46. The number of carbonyl (C=O) groups is 2. The molecule has 1 saturated carbocycles. The van der Waals surface area contributed by atoms with E-state index < -0.39 is 5.91 Å². The number of nitrogens with one attached hydrogen (secondary N) is 2. The van der Waals surface area contributed by atoms with E-state index in [0.29, 0.717) is 23.8 Å². The molecule has 0 spiro atoms. The van der Waals surface area contributed by atoms with Crippen molar-refractivity contribution in [3.63, 3.8) is 0 Å². The first-order valence-corrected chi connectivity index (χ1v) is 8.75. The molecule has 26 heavy (non-hydrogen) atoms. The van der Waals surface area contributed by atoms with Gasteiger partial charge in [-0.25, -0.2) is 4.39 Å². The number of nitrogens with two attached hydrogens (primary N) is 1. The molecule has 1 aliphatic rings. The maximum absolute atomic E-state index is 13.1. The first-order chi connectivity index (χ1) is 12.4. The maximum Gasteiger partial charge on any atom is 0.282 e. The van der Waals surface area contributed by atoms with Gasteiger partial charge in [-0.3, -0.25) is 9.59 Å². The van der Waals surface area contributed by atoms with Gasteiger partial charge in [-0.2, -0.15) is 0 Å². The minimum absolute atomic E-state index is 0.0826. The molecular formula is C20H23FN3O2+. The summed E-state index contributed by atoms with van der Waals surface area (Å²) in [4.78, 5) is 25.0. The van der Waals surface area contributed by atoms with Crippen molar-refractivity contribution in [3.05, 3.63) is 65.5 Å². The van der Waals surface area contributed by atoms with Gasteiger partial charge in [-0.15, -0.1) is 0 Å². The van der Waals surface area contributed by atoms with Crippen molar-refractivity contribution >= 4 is 17.5 Å². The molecule has 6 heteroatoms. The summed E-state index contributed by atoms with van der Waals surface area (Å²) in [7, 11) is 0. The maximum atomic E-state index is 13.1. The molecule has 0 aromatic heterocycles. The number of halogens is 1. The highest BCUT2D eigenvalue weighted by atomic mass is 19.1. The van der Waals surface area contributed by atoms with Gasteiger partial charge in [0.1, 0.15) is 12.4 Å². The van der Waals surface area contributed by atoms with E-state index >= 15 is 0 Å². The van der Waals surface area contributed by atoms with Crippen LogP contribution in [0.2, 0.25) is 0 Å². The molecular weight excluding hydrogens is 333 g/mol. The molecule has 2 aromatic carbocycles. The summed E-state index contributed by atoms with van der Waals surface area (Å²) < 4.78 is 13.1. The fraction of sp³-hybridized carbons (Fsp3) is 0.300. The molecule has 2 amide bonds. The number of benzene rings is 2. The fourth-order valence-corrected chi connectivity index (χ4v) is 3.08. The van der Waals surface area contributed by atoms with Crippen LogP contribution < -0.4 is 16.0 Å². The highest BCUT2D eigenvalue weighted by molar-refractivity contribution is 5.95. The van der Waals surface area contributed by atoms with Crippen LogP contribution in [0.25, 0.3) is 0 Å². The van der Waals surface area contributed by atoms with Gasteiger partial charge in [0.05, 0.1) is 6.04 Å². The lowest BCUT2D eigenvalue weighted by molar-refractivity contribution is -0.938. The molecule has 2 aromatic rings. The lowest BCUT2D eigenvalue weighted by Gasteiger charge is -2.25. The van der Waals surface area contributed by atoms with E-state index in [4.69, 9.17) is 5.73 Å². The van der Waals surface area contributed by atoms with Crippen LogP contribution in [-0.2, 0) is 11.3 Å². The number of anilines is 1. The summed E-state index contributed by atoms with van der Waals surface area (Å²) in [5.41, 5.74) is 7.26. The molecule has 0 aliphatic heterocycles. The van der Waals surface area contributed by atoms with Crippen molar-refractivity contribution in [2.75, 3.05) is 5.32 Å². The lowest BCUT2D eigenvalue weighted by Crippen LogP contribution is -3.16. The fourth-order valence-electron chi connectivity index (χ4n) is 3.08. The minimum Gasteiger partial charge on any atom is -0.366 e. The average Bonchev–Trinajstić information content (AvgIpc) is 3.46. The van der Waals surface area contributed by atoms with Crippen molar-refractivity contribution in [1.82, 2.24) is 0 Å². The van der Waals surface area contributed by atoms with E-state index in [1.54, 1.807) is 36.4 Å². The van der Waals surface area contributed by atoms with Crippen molar-refractivity contribution in [1.29, 1.82) is 0 Å². The third-order valence-corrected chi connectivity index (χ3v) is 4.81. The largest absolute Gasteiger partial charge is 0.366 e. The Hall–Kier alpha value is -2.73. The Morgan fingerprint density at radius 1 is 1.15 bits per heavy atom. The predicted octanol–water partition coefficient (Wildman–Crippen LogP) is 1.50. The first-order valence-electron chi connectivity index (χ1n) is 8.75. The van der Waals surface area contributed by atoms with Gasteiger partial charge in [0.15, 0.2) is 6.04 Å². The highest BCUT2D eigenvalue weighted by Crippen LogP contribution is 2.17. The molecule has 0 radical (unpaired) electrons. The molecule has 1 aliphatic carbocycles. The molecule has 1 unspecified atom stereocenters. The van der Waals surface area contributed by atoms with Crippen molar-refractivity contribution in [2.45, 2.75) is 38.4 Å². The summed E-state index contributed by atoms with van der Waals surface area (Å²) in [5.74, 6) is -0.840. The van der Waals surface area contributed by atoms with Crippen LogP contribution in [0.15, 0.2) is 48.5 Å². The molecule has 136 valence electrons. The van der Waals surface area contributed by atoms with Crippen LogP contribution in [0.4, 0.5) is 10.1 Å². The van der Waals surface area contributed by atoms with E-state index in [-0.39, 0.29) is 17.8 Å². The Balaban J connectivity index is 1.66. The number of primary amides is 1. The van der Waals surface area contributed by atoms with E-state index in [1.165, 1.54) is 17.0 Å². The predicted molar refractivity (Wildman–Crippen MR) is 97.1 cm³/mol. The summed E-state index contributed by atoms with van der Waals surface area (Å²) >= 11 is 0. The Labute approximate surface area is 152 Å². The van der Waals surface area contributed by atoms with E-state index in [9.17, 15) is 14.0 Å². The average molecular weight is 356 g/mol. The van der Waals surface area contributed by atoms with Gasteiger partial charge >= 0.3 is 0 Å². The van der Waals surface area contributed by atoms with Gasteiger partial charge in [0.25, 0.3) is 5.91 Å². The van der Waals surface area contributed by atoms with Crippen LogP contribution in [0.5, 0.6) is 0 Å².